The SMILES string of the molecule is N#Cc1cccc(COC(=O)C2(c3ccccc3)CCCC2)c1. The fourth-order valence-corrected chi connectivity index (χ4v) is 3.36. The van der Waals surface area contributed by atoms with E-state index in [-0.39, 0.29) is 12.6 Å². The summed E-state index contributed by atoms with van der Waals surface area (Å²) in [4.78, 5) is 12.8. The Morgan fingerprint density at radius 3 is 2.52 bits per heavy atom. The van der Waals surface area contributed by atoms with Crippen LogP contribution in [-0.4, -0.2) is 5.97 Å². The molecule has 0 aliphatic heterocycles. The van der Waals surface area contributed by atoms with Crippen LogP contribution in [0.15, 0.2) is 54.6 Å². The number of benzene rings is 2. The molecular formula is C20H19NO2. The molecule has 0 unspecified atom stereocenters. The van der Waals surface area contributed by atoms with Crippen LogP contribution in [0.4, 0.5) is 0 Å². The molecule has 2 aromatic carbocycles. The highest BCUT2D eigenvalue weighted by Crippen LogP contribution is 2.42. The highest BCUT2D eigenvalue weighted by Gasteiger charge is 2.44. The summed E-state index contributed by atoms with van der Waals surface area (Å²) in [6.07, 6.45) is 3.78. The number of carbonyl (C=O) groups excluding carboxylic acids is 1. The van der Waals surface area contributed by atoms with E-state index in [0.717, 1.165) is 36.8 Å². The van der Waals surface area contributed by atoms with E-state index in [1.165, 1.54) is 0 Å². The molecular weight excluding hydrogens is 286 g/mol. The molecule has 0 amide bonds. The maximum atomic E-state index is 12.8. The standard InChI is InChI=1S/C20H19NO2/c21-14-16-7-6-8-17(13-16)15-23-19(22)20(11-4-5-12-20)18-9-2-1-3-10-18/h1-3,6-10,13H,4-5,11-12,15H2. The Bertz CT molecular complexity index is 725. The van der Waals surface area contributed by atoms with Gasteiger partial charge < -0.3 is 4.74 Å². The van der Waals surface area contributed by atoms with Gasteiger partial charge in [-0.3, -0.25) is 4.79 Å². The van der Waals surface area contributed by atoms with Gasteiger partial charge in [0, 0.05) is 0 Å². The number of ether oxygens (including phenoxy) is 1. The molecule has 0 spiro atoms. The van der Waals surface area contributed by atoms with Crippen molar-refractivity contribution in [2.75, 3.05) is 0 Å². The zero-order chi connectivity index (χ0) is 16.1. The maximum Gasteiger partial charge on any atom is 0.316 e. The van der Waals surface area contributed by atoms with Gasteiger partial charge in [-0.25, -0.2) is 0 Å². The highest BCUT2D eigenvalue weighted by molar-refractivity contribution is 5.83. The molecule has 23 heavy (non-hydrogen) atoms. The third-order valence-corrected chi connectivity index (χ3v) is 4.60. The number of esters is 1. The molecule has 0 radical (unpaired) electrons. The molecule has 3 rings (SSSR count). The molecule has 0 atom stereocenters. The van der Waals surface area contributed by atoms with Gasteiger partial charge in [0.25, 0.3) is 0 Å². The van der Waals surface area contributed by atoms with Crippen molar-refractivity contribution in [3.05, 3.63) is 71.3 Å². The lowest BCUT2D eigenvalue weighted by Crippen LogP contribution is -2.34. The number of rotatable bonds is 4. The second-order valence-electron chi connectivity index (χ2n) is 6.04. The zero-order valence-corrected chi connectivity index (χ0v) is 13.0. The molecule has 1 aliphatic rings. The molecule has 0 bridgehead atoms. The van der Waals surface area contributed by atoms with Crippen molar-refractivity contribution in [1.82, 2.24) is 0 Å². The van der Waals surface area contributed by atoms with Crippen LogP contribution in [0.2, 0.25) is 0 Å². The van der Waals surface area contributed by atoms with Crippen molar-refractivity contribution >= 4 is 5.97 Å². The van der Waals surface area contributed by atoms with Gasteiger partial charge in [0.05, 0.1) is 17.0 Å². The predicted molar refractivity (Wildman–Crippen MR) is 87.5 cm³/mol. The third kappa shape index (κ3) is 3.12. The minimum absolute atomic E-state index is 0.149. The number of hydrogen-bond acceptors (Lipinski definition) is 3. The summed E-state index contributed by atoms with van der Waals surface area (Å²) < 4.78 is 5.62. The average Bonchev–Trinajstić information content (AvgIpc) is 3.12. The molecule has 0 N–H and O–H groups in total. The largest absolute Gasteiger partial charge is 0.460 e. The molecule has 3 nitrogen and oxygen atoms in total. The van der Waals surface area contributed by atoms with E-state index in [1.807, 2.05) is 42.5 Å². The zero-order valence-electron chi connectivity index (χ0n) is 13.0. The first-order valence-electron chi connectivity index (χ1n) is 7.96. The van der Waals surface area contributed by atoms with Gasteiger partial charge in [-0.1, -0.05) is 55.3 Å². The Kier molecular flexibility index (Phi) is 4.43. The van der Waals surface area contributed by atoms with E-state index in [0.29, 0.717) is 5.56 Å². The lowest BCUT2D eigenvalue weighted by Gasteiger charge is -2.27. The van der Waals surface area contributed by atoms with E-state index in [4.69, 9.17) is 10.00 Å². The van der Waals surface area contributed by atoms with Gasteiger partial charge in [-0.2, -0.15) is 5.26 Å². The average molecular weight is 305 g/mol. The first kappa shape index (κ1) is 15.3. The van der Waals surface area contributed by atoms with Gasteiger partial charge in [0.15, 0.2) is 0 Å². The molecule has 1 saturated carbocycles. The van der Waals surface area contributed by atoms with E-state index in [2.05, 4.69) is 6.07 Å². The highest BCUT2D eigenvalue weighted by atomic mass is 16.5. The number of nitrogens with zero attached hydrogens (tertiary/aromatic N) is 1. The van der Waals surface area contributed by atoms with E-state index >= 15 is 0 Å². The van der Waals surface area contributed by atoms with Crippen LogP contribution < -0.4 is 0 Å². The number of nitriles is 1. The normalized spacial score (nSPS) is 15.8. The summed E-state index contributed by atoms with van der Waals surface area (Å²) in [5, 5.41) is 8.94. The molecule has 3 heteroatoms. The summed E-state index contributed by atoms with van der Waals surface area (Å²) >= 11 is 0. The molecule has 2 aromatic rings. The summed E-state index contributed by atoms with van der Waals surface area (Å²) in [6, 6.07) is 19.2. The van der Waals surface area contributed by atoms with Gasteiger partial charge in [-0.15, -0.1) is 0 Å². The smallest absolute Gasteiger partial charge is 0.316 e. The number of hydrogen-bond donors (Lipinski definition) is 0. The van der Waals surface area contributed by atoms with Crippen molar-refractivity contribution in [3.8, 4) is 6.07 Å². The third-order valence-electron chi connectivity index (χ3n) is 4.60. The molecule has 116 valence electrons. The molecule has 1 fully saturated rings. The van der Waals surface area contributed by atoms with E-state index < -0.39 is 5.41 Å². The van der Waals surface area contributed by atoms with Gasteiger partial charge in [-0.05, 0) is 36.1 Å². The fraction of sp³-hybridized carbons (Fsp3) is 0.300. The minimum atomic E-state index is -0.506. The van der Waals surface area contributed by atoms with Crippen LogP contribution in [0.1, 0.15) is 42.4 Å². The van der Waals surface area contributed by atoms with Crippen molar-refractivity contribution in [3.63, 3.8) is 0 Å². The summed E-state index contributed by atoms with van der Waals surface area (Å²) in [7, 11) is 0. The van der Waals surface area contributed by atoms with Crippen LogP contribution >= 0.6 is 0 Å². The molecule has 1 aliphatic carbocycles. The topological polar surface area (TPSA) is 50.1 Å². The second-order valence-corrected chi connectivity index (χ2v) is 6.04. The summed E-state index contributed by atoms with van der Waals surface area (Å²) in [5.74, 6) is -0.149. The molecule has 0 aromatic heterocycles. The Hall–Kier alpha value is -2.60. The first-order valence-corrected chi connectivity index (χ1v) is 7.96. The van der Waals surface area contributed by atoms with Gasteiger partial charge >= 0.3 is 5.97 Å². The number of carbonyl (C=O) groups is 1. The van der Waals surface area contributed by atoms with E-state index in [9.17, 15) is 4.79 Å². The predicted octanol–water partition coefficient (Wildman–Crippen LogP) is 4.11. The maximum absolute atomic E-state index is 12.8. The Morgan fingerprint density at radius 2 is 1.83 bits per heavy atom. The van der Waals surface area contributed by atoms with Crippen LogP contribution in [0.25, 0.3) is 0 Å². The van der Waals surface area contributed by atoms with Gasteiger partial charge in [0.1, 0.15) is 6.61 Å². The van der Waals surface area contributed by atoms with Gasteiger partial charge in [0.2, 0.25) is 0 Å². The van der Waals surface area contributed by atoms with E-state index in [1.54, 1.807) is 12.1 Å². The fourth-order valence-electron chi connectivity index (χ4n) is 3.36. The van der Waals surface area contributed by atoms with Crippen molar-refractivity contribution in [2.45, 2.75) is 37.7 Å². The minimum Gasteiger partial charge on any atom is -0.460 e. The Labute approximate surface area is 136 Å². The monoisotopic (exact) mass is 305 g/mol. The summed E-state index contributed by atoms with van der Waals surface area (Å²) in [5.41, 5.74) is 1.97. The Morgan fingerprint density at radius 1 is 1.09 bits per heavy atom. The van der Waals surface area contributed by atoms with Crippen LogP contribution in [0.5, 0.6) is 0 Å². The van der Waals surface area contributed by atoms with Crippen molar-refractivity contribution in [1.29, 1.82) is 5.26 Å². The van der Waals surface area contributed by atoms with Crippen molar-refractivity contribution < 1.29 is 9.53 Å². The second kappa shape index (κ2) is 6.66. The quantitative estimate of drug-likeness (QED) is 0.799. The molecule has 0 saturated heterocycles. The lowest BCUT2D eigenvalue weighted by atomic mass is 9.79. The Balaban J connectivity index is 1.76. The van der Waals surface area contributed by atoms with Crippen LogP contribution in [-0.2, 0) is 21.6 Å². The first-order chi connectivity index (χ1) is 11.2. The van der Waals surface area contributed by atoms with Crippen LogP contribution in [0.3, 0.4) is 0 Å². The van der Waals surface area contributed by atoms with Crippen molar-refractivity contribution in [2.24, 2.45) is 0 Å². The summed E-state index contributed by atoms with van der Waals surface area (Å²) in [6.45, 7) is 0.211. The van der Waals surface area contributed by atoms with Crippen LogP contribution in [0, 0.1) is 11.3 Å². The molecule has 0 heterocycles. The lowest BCUT2D eigenvalue weighted by molar-refractivity contribution is -0.152.